The first-order valence-corrected chi connectivity index (χ1v) is 9.56. The summed E-state index contributed by atoms with van der Waals surface area (Å²) in [4.78, 5) is 12.9. The van der Waals surface area contributed by atoms with Crippen molar-refractivity contribution >= 4 is 11.6 Å². The van der Waals surface area contributed by atoms with Crippen LogP contribution in [0.1, 0.15) is 28.8 Å². The number of carbonyl (C=O) groups excluding carboxylic acids is 1. The van der Waals surface area contributed by atoms with Gasteiger partial charge in [0, 0.05) is 23.7 Å². The molecule has 0 atom stereocenters. The minimum atomic E-state index is -4.42. The highest BCUT2D eigenvalue weighted by molar-refractivity contribution is 6.08. The highest BCUT2D eigenvalue weighted by atomic mass is 19.4. The van der Waals surface area contributed by atoms with Gasteiger partial charge >= 0.3 is 6.18 Å². The van der Waals surface area contributed by atoms with Gasteiger partial charge in [0.25, 0.3) is 5.91 Å². The second-order valence-electron chi connectivity index (χ2n) is 6.71. The van der Waals surface area contributed by atoms with Crippen LogP contribution in [0.4, 0.5) is 18.9 Å². The van der Waals surface area contributed by atoms with Crippen LogP contribution in [0.5, 0.6) is 5.75 Å². The first-order valence-electron chi connectivity index (χ1n) is 9.56. The summed E-state index contributed by atoms with van der Waals surface area (Å²) in [6.45, 7) is 0.391. The Morgan fingerprint density at radius 1 is 1.00 bits per heavy atom. The van der Waals surface area contributed by atoms with Gasteiger partial charge < -0.3 is 10.1 Å². The number of rotatable bonds is 7. The molecule has 0 bridgehead atoms. The predicted molar refractivity (Wildman–Crippen MR) is 112 cm³/mol. The lowest BCUT2D eigenvalue weighted by atomic mass is 9.98. The number of hydrogen-bond acceptors (Lipinski definition) is 3. The normalized spacial score (nSPS) is 10.9. The fourth-order valence-corrected chi connectivity index (χ4v) is 2.97. The second kappa shape index (κ2) is 9.81. The van der Waals surface area contributed by atoms with Gasteiger partial charge in [-0.3, -0.25) is 4.79 Å². The van der Waals surface area contributed by atoms with Crippen LogP contribution in [0.2, 0.25) is 0 Å². The third kappa shape index (κ3) is 5.86. The van der Waals surface area contributed by atoms with E-state index in [9.17, 15) is 18.0 Å². The molecule has 1 amide bonds. The molecule has 0 saturated heterocycles. The fourth-order valence-electron chi connectivity index (χ4n) is 2.97. The van der Waals surface area contributed by atoms with Crippen molar-refractivity contribution in [2.45, 2.75) is 19.0 Å². The van der Waals surface area contributed by atoms with E-state index in [0.717, 1.165) is 12.1 Å². The highest BCUT2D eigenvalue weighted by Crippen LogP contribution is 2.32. The molecule has 3 rings (SSSR count). The standard InChI is InChI=1S/C24H19F3N2O2/c25-24(26,27)18-12-10-17(11-13-18)21-8-1-2-9-22(21)23(30)29-19-6-5-7-20(16-19)31-15-4-3-14-28/h1-2,5-13,16H,3-4,15H2,(H,29,30). The van der Waals surface area contributed by atoms with E-state index in [1.54, 1.807) is 48.5 Å². The molecular formula is C24H19F3N2O2. The first-order chi connectivity index (χ1) is 14.9. The van der Waals surface area contributed by atoms with Gasteiger partial charge in [0.05, 0.1) is 18.2 Å². The van der Waals surface area contributed by atoms with Crippen LogP contribution in [0, 0.1) is 11.3 Å². The number of unbranched alkanes of at least 4 members (excludes halogenated alkanes) is 1. The Morgan fingerprint density at radius 3 is 2.45 bits per heavy atom. The number of nitrogens with zero attached hydrogens (tertiary/aromatic N) is 1. The van der Waals surface area contributed by atoms with Gasteiger partial charge in [-0.15, -0.1) is 0 Å². The molecule has 0 aliphatic rings. The van der Waals surface area contributed by atoms with E-state index in [1.165, 1.54) is 12.1 Å². The lowest BCUT2D eigenvalue weighted by molar-refractivity contribution is -0.137. The maximum atomic E-state index is 12.9. The number of hydrogen-bond donors (Lipinski definition) is 1. The molecule has 3 aromatic carbocycles. The molecule has 0 aliphatic heterocycles. The van der Waals surface area contributed by atoms with Crippen molar-refractivity contribution in [3.63, 3.8) is 0 Å². The Hall–Kier alpha value is -3.79. The first kappa shape index (κ1) is 21.9. The van der Waals surface area contributed by atoms with E-state index >= 15 is 0 Å². The van der Waals surface area contributed by atoms with Gasteiger partial charge in [0.1, 0.15) is 5.75 Å². The van der Waals surface area contributed by atoms with E-state index in [4.69, 9.17) is 10.00 Å². The van der Waals surface area contributed by atoms with E-state index in [-0.39, 0.29) is 0 Å². The van der Waals surface area contributed by atoms with E-state index in [2.05, 4.69) is 5.32 Å². The minimum Gasteiger partial charge on any atom is -0.493 e. The van der Waals surface area contributed by atoms with Crippen LogP contribution in [-0.4, -0.2) is 12.5 Å². The lowest BCUT2D eigenvalue weighted by Gasteiger charge is -2.13. The zero-order valence-electron chi connectivity index (χ0n) is 16.4. The molecule has 0 fully saturated rings. The summed E-state index contributed by atoms with van der Waals surface area (Å²) in [6.07, 6.45) is -3.41. The third-order valence-electron chi connectivity index (χ3n) is 4.49. The average molecular weight is 424 g/mol. The monoisotopic (exact) mass is 424 g/mol. The van der Waals surface area contributed by atoms with Crippen LogP contribution in [0.25, 0.3) is 11.1 Å². The molecule has 0 unspecified atom stereocenters. The number of anilines is 1. The number of carbonyl (C=O) groups is 1. The molecule has 1 N–H and O–H groups in total. The molecule has 158 valence electrons. The number of halogens is 3. The Morgan fingerprint density at radius 2 is 1.74 bits per heavy atom. The van der Waals surface area contributed by atoms with Crippen molar-refractivity contribution in [3.8, 4) is 22.9 Å². The molecule has 0 aromatic heterocycles. The van der Waals surface area contributed by atoms with Crippen molar-refractivity contribution in [1.82, 2.24) is 0 Å². The van der Waals surface area contributed by atoms with Gasteiger partial charge in [-0.05, 0) is 47.9 Å². The van der Waals surface area contributed by atoms with Crippen molar-refractivity contribution in [2.24, 2.45) is 0 Å². The second-order valence-corrected chi connectivity index (χ2v) is 6.71. The summed E-state index contributed by atoms with van der Waals surface area (Å²) in [7, 11) is 0. The molecule has 0 spiro atoms. The highest BCUT2D eigenvalue weighted by Gasteiger charge is 2.30. The SMILES string of the molecule is N#CCCCOc1cccc(NC(=O)c2ccccc2-c2ccc(C(F)(F)F)cc2)c1. The largest absolute Gasteiger partial charge is 0.493 e. The summed E-state index contributed by atoms with van der Waals surface area (Å²) < 4.78 is 44.1. The number of nitrogens with one attached hydrogen (secondary N) is 1. The van der Waals surface area contributed by atoms with Crippen LogP contribution in [-0.2, 0) is 6.18 Å². The fraction of sp³-hybridized carbons (Fsp3) is 0.167. The maximum absolute atomic E-state index is 12.9. The average Bonchev–Trinajstić information content (AvgIpc) is 2.76. The van der Waals surface area contributed by atoms with E-state index in [1.807, 2.05) is 6.07 Å². The van der Waals surface area contributed by atoms with Gasteiger partial charge in [0.2, 0.25) is 0 Å². The quantitative estimate of drug-likeness (QED) is 0.452. The summed E-state index contributed by atoms with van der Waals surface area (Å²) in [5.41, 5.74) is 1.14. The topological polar surface area (TPSA) is 62.1 Å². The number of benzene rings is 3. The molecule has 7 heteroatoms. The maximum Gasteiger partial charge on any atom is 0.416 e. The Balaban J connectivity index is 1.77. The zero-order valence-corrected chi connectivity index (χ0v) is 16.4. The van der Waals surface area contributed by atoms with E-state index in [0.29, 0.717) is 47.6 Å². The lowest BCUT2D eigenvalue weighted by Crippen LogP contribution is -2.13. The van der Waals surface area contributed by atoms with Crippen LogP contribution in [0.15, 0.2) is 72.8 Å². The molecule has 3 aromatic rings. The Kier molecular flexibility index (Phi) is 6.93. The number of ether oxygens (including phenoxy) is 1. The van der Waals surface area contributed by atoms with Crippen molar-refractivity contribution in [3.05, 3.63) is 83.9 Å². The number of amides is 1. The smallest absolute Gasteiger partial charge is 0.416 e. The van der Waals surface area contributed by atoms with Gasteiger partial charge in [-0.25, -0.2) is 0 Å². The Bertz CT molecular complexity index is 1090. The summed E-state index contributed by atoms with van der Waals surface area (Å²) >= 11 is 0. The van der Waals surface area contributed by atoms with Gasteiger partial charge in [-0.1, -0.05) is 36.4 Å². The summed E-state index contributed by atoms with van der Waals surface area (Å²) in [5.74, 6) is 0.170. The van der Waals surface area contributed by atoms with Gasteiger partial charge in [0.15, 0.2) is 0 Å². The molecule has 0 radical (unpaired) electrons. The van der Waals surface area contributed by atoms with Crippen LogP contribution >= 0.6 is 0 Å². The molecular weight excluding hydrogens is 405 g/mol. The number of alkyl halides is 3. The Labute approximate surface area is 177 Å². The summed E-state index contributed by atoms with van der Waals surface area (Å²) in [6, 6.07) is 20.3. The van der Waals surface area contributed by atoms with Crippen molar-refractivity contribution in [2.75, 3.05) is 11.9 Å². The van der Waals surface area contributed by atoms with Crippen LogP contribution in [0.3, 0.4) is 0 Å². The minimum absolute atomic E-state index is 0.336. The van der Waals surface area contributed by atoms with Gasteiger partial charge in [-0.2, -0.15) is 18.4 Å². The third-order valence-corrected chi connectivity index (χ3v) is 4.49. The number of nitriles is 1. The molecule has 0 saturated carbocycles. The molecule has 31 heavy (non-hydrogen) atoms. The summed E-state index contributed by atoms with van der Waals surface area (Å²) in [5, 5.41) is 11.4. The molecule has 4 nitrogen and oxygen atoms in total. The molecule has 0 aliphatic carbocycles. The van der Waals surface area contributed by atoms with Crippen molar-refractivity contribution in [1.29, 1.82) is 5.26 Å². The van der Waals surface area contributed by atoms with Crippen LogP contribution < -0.4 is 10.1 Å². The molecule has 0 heterocycles. The zero-order chi connectivity index (χ0) is 22.3. The predicted octanol–water partition coefficient (Wildman–Crippen LogP) is 6.31. The van der Waals surface area contributed by atoms with Crippen molar-refractivity contribution < 1.29 is 22.7 Å². The van der Waals surface area contributed by atoms with E-state index < -0.39 is 17.6 Å².